The van der Waals surface area contributed by atoms with E-state index in [0.29, 0.717) is 17.1 Å². The molecular weight excluding hydrogens is 364 g/mol. The number of halogens is 1. The summed E-state index contributed by atoms with van der Waals surface area (Å²) < 4.78 is 0. The monoisotopic (exact) mass is 396 g/mol. The van der Waals surface area contributed by atoms with Crippen molar-refractivity contribution in [2.24, 2.45) is 34.5 Å². The molecule has 4 aliphatic rings. The fourth-order valence-electron chi connectivity index (χ4n) is 7.87. The standard InChI is InChI=1S/C26H33ClO/c1-25-13-6-5-8-19(25)10-11-20-21(25)12-14-26(2)22(20)16-18(24(26)28)15-17-7-3-4-9-23(17)27/h3-4,7,9,15,19-22H,5-6,8,10-14,16H2,1-2H3/b18-15+/t19-,20+,21-,22-,25+,26+/m1/s1. The number of rotatable bonds is 1. The van der Waals surface area contributed by atoms with Crippen molar-refractivity contribution >= 4 is 23.5 Å². The van der Waals surface area contributed by atoms with Crippen LogP contribution in [0.1, 0.15) is 77.2 Å². The molecule has 28 heavy (non-hydrogen) atoms. The summed E-state index contributed by atoms with van der Waals surface area (Å²) >= 11 is 6.39. The van der Waals surface area contributed by atoms with Crippen molar-refractivity contribution < 1.29 is 4.79 Å². The number of carbonyl (C=O) groups is 1. The van der Waals surface area contributed by atoms with Gasteiger partial charge in [-0.05, 0) is 97.3 Å². The Labute approximate surface area is 174 Å². The molecular formula is C26H33ClO. The molecule has 1 aromatic carbocycles. The number of allylic oxidation sites excluding steroid dienone is 1. The highest BCUT2D eigenvalue weighted by molar-refractivity contribution is 6.32. The molecule has 6 atom stereocenters. The minimum Gasteiger partial charge on any atom is -0.294 e. The second-order valence-electron chi connectivity index (χ2n) is 10.6. The minimum absolute atomic E-state index is 0.147. The van der Waals surface area contributed by atoms with Crippen LogP contribution in [0.5, 0.6) is 0 Å². The predicted molar refractivity (Wildman–Crippen MR) is 116 cm³/mol. The summed E-state index contributed by atoms with van der Waals surface area (Å²) in [6.07, 6.45) is 13.8. The lowest BCUT2D eigenvalue weighted by atomic mass is 9.45. The zero-order valence-corrected chi connectivity index (χ0v) is 18.1. The summed E-state index contributed by atoms with van der Waals surface area (Å²) in [6.45, 7) is 4.88. The molecule has 0 N–H and O–H groups in total. The summed E-state index contributed by atoms with van der Waals surface area (Å²) in [5.74, 6) is 3.44. The highest BCUT2D eigenvalue weighted by Crippen LogP contribution is 2.66. The maximum Gasteiger partial charge on any atom is 0.165 e. The fourth-order valence-corrected chi connectivity index (χ4v) is 8.06. The van der Waals surface area contributed by atoms with Crippen LogP contribution in [-0.4, -0.2) is 5.78 Å². The molecule has 4 aliphatic carbocycles. The molecule has 0 saturated heterocycles. The van der Waals surface area contributed by atoms with E-state index in [1.807, 2.05) is 24.3 Å². The first-order valence-electron chi connectivity index (χ1n) is 11.4. The second-order valence-corrected chi connectivity index (χ2v) is 11.0. The first-order chi connectivity index (χ1) is 13.4. The maximum absolute atomic E-state index is 13.5. The van der Waals surface area contributed by atoms with Crippen LogP contribution in [0, 0.1) is 34.5 Å². The Kier molecular flexibility index (Phi) is 4.54. The van der Waals surface area contributed by atoms with Gasteiger partial charge in [0.25, 0.3) is 0 Å². The van der Waals surface area contributed by atoms with Crippen molar-refractivity contribution in [3.63, 3.8) is 0 Å². The van der Waals surface area contributed by atoms with E-state index in [9.17, 15) is 4.79 Å². The van der Waals surface area contributed by atoms with Gasteiger partial charge in [-0.3, -0.25) is 4.79 Å². The third-order valence-corrected chi connectivity index (χ3v) is 9.80. The van der Waals surface area contributed by atoms with Crippen LogP contribution in [0.2, 0.25) is 5.02 Å². The Hall–Kier alpha value is -1.08. The highest BCUT2D eigenvalue weighted by atomic mass is 35.5. The molecule has 0 spiro atoms. The molecule has 0 aliphatic heterocycles. The number of hydrogen-bond acceptors (Lipinski definition) is 1. The van der Waals surface area contributed by atoms with Gasteiger partial charge < -0.3 is 0 Å². The van der Waals surface area contributed by atoms with Crippen molar-refractivity contribution in [3.8, 4) is 0 Å². The molecule has 4 fully saturated rings. The van der Waals surface area contributed by atoms with Gasteiger partial charge in [-0.15, -0.1) is 0 Å². The first kappa shape index (κ1) is 18.9. The molecule has 0 aromatic heterocycles. The van der Waals surface area contributed by atoms with Gasteiger partial charge in [0.2, 0.25) is 0 Å². The normalized spacial score (nSPS) is 44.1. The van der Waals surface area contributed by atoms with E-state index < -0.39 is 0 Å². The Bertz CT molecular complexity index is 825. The molecule has 0 bridgehead atoms. The molecule has 2 heteroatoms. The van der Waals surface area contributed by atoms with Crippen molar-refractivity contribution in [2.45, 2.75) is 71.6 Å². The fraction of sp³-hybridized carbons (Fsp3) is 0.654. The van der Waals surface area contributed by atoms with E-state index in [-0.39, 0.29) is 5.41 Å². The average molecular weight is 397 g/mol. The zero-order chi connectivity index (χ0) is 19.5. The van der Waals surface area contributed by atoms with Gasteiger partial charge in [-0.1, -0.05) is 56.5 Å². The average Bonchev–Trinajstić information content (AvgIpc) is 2.94. The number of benzene rings is 1. The SMILES string of the molecule is C[C@]12CCCC[C@@H]1CC[C@H]1[C@H]2CC[C@]2(C)C(=O)/C(=C/c3ccccc3Cl)C[C@H]12. The largest absolute Gasteiger partial charge is 0.294 e. The van der Waals surface area contributed by atoms with Crippen molar-refractivity contribution in [2.75, 3.05) is 0 Å². The van der Waals surface area contributed by atoms with E-state index in [1.54, 1.807) is 0 Å². The van der Waals surface area contributed by atoms with E-state index in [1.165, 1.54) is 44.9 Å². The van der Waals surface area contributed by atoms with Crippen LogP contribution in [-0.2, 0) is 4.79 Å². The summed E-state index contributed by atoms with van der Waals surface area (Å²) in [4.78, 5) is 13.5. The Balaban J connectivity index is 1.48. The maximum atomic E-state index is 13.5. The topological polar surface area (TPSA) is 17.1 Å². The van der Waals surface area contributed by atoms with Gasteiger partial charge in [0, 0.05) is 10.4 Å². The van der Waals surface area contributed by atoms with Crippen LogP contribution >= 0.6 is 11.6 Å². The Morgan fingerprint density at radius 1 is 1.00 bits per heavy atom. The third kappa shape index (κ3) is 2.68. The molecule has 1 aromatic rings. The van der Waals surface area contributed by atoms with E-state index in [0.717, 1.165) is 46.8 Å². The number of carbonyl (C=O) groups excluding carboxylic acids is 1. The van der Waals surface area contributed by atoms with Gasteiger partial charge in [0.1, 0.15) is 0 Å². The van der Waals surface area contributed by atoms with Crippen molar-refractivity contribution in [3.05, 3.63) is 40.4 Å². The van der Waals surface area contributed by atoms with Gasteiger partial charge in [0.15, 0.2) is 5.78 Å². The second kappa shape index (κ2) is 6.73. The lowest BCUT2D eigenvalue weighted by Crippen LogP contribution is -2.52. The van der Waals surface area contributed by atoms with E-state index >= 15 is 0 Å². The van der Waals surface area contributed by atoms with Gasteiger partial charge in [0.05, 0.1) is 0 Å². The number of Topliss-reactive ketones (excluding diaryl/α,β-unsaturated/α-hetero) is 1. The van der Waals surface area contributed by atoms with Gasteiger partial charge in [-0.25, -0.2) is 0 Å². The Morgan fingerprint density at radius 3 is 2.64 bits per heavy atom. The molecule has 1 nitrogen and oxygen atoms in total. The molecule has 0 amide bonds. The van der Waals surface area contributed by atoms with Crippen LogP contribution < -0.4 is 0 Å². The van der Waals surface area contributed by atoms with Crippen LogP contribution in [0.15, 0.2) is 29.8 Å². The van der Waals surface area contributed by atoms with Gasteiger partial charge >= 0.3 is 0 Å². The number of fused-ring (bicyclic) bond motifs is 5. The summed E-state index contributed by atoms with van der Waals surface area (Å²) in [7, 11) is 0. The van der Waals surface area contributed by atoms with E-state index in [4.69, 9.17) is 11.6 Å². The molecule has 5 rings (SSSR count). The quantitative estimate of drug-likeness (QED) is 0.454. The molecule has 150 valence electrons. The van der Waals surface area contributed by atoms with Crippen molar-refractivity contribution in [1.29, 1.82) is 0 Å². The van der Waals surface area contributed by atoms with Gasteiger partial charge in [-0.2, -0.15) is 0 Å². The third-order valence-electron chi connectivity index (χ3n) is 9.46. The van der Waals surface area contributed by atoms with Crippen LogP contribution in [0.25, 0.3) is 6.08 Å². The summed E-state index contributed by atoms with van der Waals surface area (Å²) in [5.41, 5.74) is 2.40. The lowest BCUT2D eigenvalue weighted by molar-refractivity contribution is -0.137. The zero-order valence-electron chi connectivity index (χ0n) is 17.3. The molecule has 0 unspecified atom stereocenters. The molecule has 0 radical (unpaired) electrons. The Morgan fingerprint density at radius 2 is 1.82 bits per heavy atom. The first-order valence-corrected chi connectivity index (χ1v) is 11.8. The number of hydrogen-bond donors (Lipinski definition) is 0. The molecule has 4 saturated carbocycles. The predicted octanol–water partition coefficient (Wildman–Crippen LogP) is 7.34. The number of ketones is 1. The summed E-state index contributed by atoms with van der Waals surface area (Å²) in [5, 5.41) is 0.746. The summed E-state index contributed by atoms with van der Waals surface area (Å²) in [6, 6.07) is 7.91. The minimum atomic E-state index is -0.147. The molecule has 0 heterocycles. The smallest absolute Gasteiger partial charge is 0.165 e. The van der Waals surface area contributed by atoms with Crippen LogP contribution in [0.4, 0.5) is 0 Å². The lowest BCUT2D eigenvalue weighted by Gasteiger charge is -2.59. The highest BCUT2D eigenvalue weighted by Gasteiger charge is 2.60. The van der Waals surface area contributed by atoms with Crippen LogP contribution in [0.3, 0.4) is 0 Å². The van der Waals surface area contributed by atoms with Crippen molar-refractivity contribution in [1.82, 2.24) is 0 Å². The van der Waals surface area contributed by atoms with E-state index in [2.05, 4.69) is 19.9 Å².